The maximum absolute atomic E-state index is 9.02. The molecule has 0 unspecified atom stereocenters. The van der Waals surface area contributed by atoms with Gasteiger partial charge in [0.1, 0.15) is 0 Å². The molecular formula is C18H19N3O2. The molecule has 2 aromatic rings. The highest BCUT2D eigenvalue weighted by atomic mass is 16.5. The minimum Gasteiger partial charge on any atom is -0.493 e. The highest BCUT2D eigenvalue weighted by Gasteiger charge is 2.17. The van der Waals surface area contributed by atoms with Crippen LogP contribution in [0.4, 0.5) is 0 Å². The summed E-state index contributed by atoms with van der Waals surface area (Å²) >= 11 is 0. The second-order valence-electron chi connectivity index (χ2n) is 5.51. The van der Waals surface area contributed by atoms with Gasteiger partial charge in [0.05, 0.1) is 31.0 Å². The van der Waals surface area contributed by atoms with Gasteiger partial charge in [0.15, 0.2) is 11.5 Å². The van der Waals surface area contributed by atoms with Crippen LogP contribution in [0.5, 0.6) is 11.5 Å². The molecule has 3 rings (SSSR count). The van der Waals surface area contributed by atoms with Crippen LogP contribution in [0.3, 0.4) is 0 Å². The Kier molecular flexibility index (Phi) is 4.74. The van der Waals surface area contributed by atoms with Crippen molar-refractivity contribution in [1.82, 2.24) is 9.88 Å². The molecule has 0 fully saturated rings. The van der Waals surface area contributed by atoms with Crippen LogP contribution in [0.25, 0.3) is 0 Å². The number of ether oxygens (including phenoxy) is 2. The SMILES string of the molecule is COc1cccc2c1OCCCN(Cc1cc(C#N)ccn1)C2. The number of aromatic nitrogens is 1. The average Bonchev–Trinajstić information content (AvgIpc) is 2.57. The number of benzene rings is 1. The van der Waals surface area contributed by atoms with Gasteiger partial charge in [-0.25, -0.2) is 0 Å². The van der Waals surface area contributed by atoms with Crippen LogP contribution in [-0.2, 0) is 13.1 Å². The molecule has 0 radical (unpaired) electrons. The fourth-order valence-corrected chi connectivity index (χ4v) is 2.79. The lowest BCUT2D eigenvalue weighted by Gasteiger charge is -2.26. The molecule has 2 heterocycles. The first kappa shape index (κ1) is 15.3. The van der Waals surface area contributed by atoms with E-state index < -0.39 is 0 Å². The summed E-state index contributed by atoms with van der Waals surface area (Å²) in [5.41, 5.74) is 2.67. The Labute approximate surface area is 136 Å². The summed E-state index contributed by atoms with van der Waals surface area (Å²) in [5, 5.41) is 9.02. The third kappa shape index (κ3) is 3.61. The molecule has 0 atom stereocenters. The smallest absolute Gasteiger partial charge is 0.165 e. The van der Waals surface area contributed by atoms with Crippen molar-refractivity contribution >= 4 is 0 Å². The largest absolute Gasteiger partial charge is 0.493 e. The molecule has 23 heavy (non-hydrogen) atoms. The minimum absolute atomic E-state index is 0.646. The Morgan fingerprint density at radius 1 is 1.39 bits per heavy atom. The lowest BCUT2D eigenvalue weighted by atomic mass is 10.1. The molecule has 5 heteroatoms. The van der Waals surface area contributed by atoms with Crippen LogP contribution >= 0.6 is 0 Å². The third-order valence-corrected chi connectivity index (χ3v) is 3.87. The van der Waals surface area contributed by atoms with E-state index in [9.17, 15) is 0 Å². The molecule has 0 aliphatic carbocycles. The maximum Gasteiger partial charge on any atom is 0.165 e. The van der Waals surface area contributed by atoms with Gasteiger partial charge >= 0.3 is 0 Å². The van der Waals surface area contributed by atoms with Gasteiger partial charge < -0.3 is 9.47 Å². The average molecular weight is 309 g/mol. The van der Waals surface area contributed by atoms with Gasteiger partial charge in [-0.3, -0.25) is 9.88 Å². The van der Waals surface area contributed by atoms with Crippen molar-refractivity contribution in [2.75, 3.05) is 20.3 Å². The second-order valence-corrected chi connectivity index (χ2v) is 5.51. The summed E-state index contributed by atoms with van der Waals surface area (Å²) in [6.45, 7) is 3.07. The van der Waals surface area contributed by atoms with Gasteiger partial charge in [-0.05, 0) is 24.6 Å². The summed E-state index contributed by atoms with van der Waals surface area (Å²) in [7, 11) is 1.66. The fourth-order valence-electron chi connectivity index (χ4n) is 2.79. The van der Waals surface area contributed by atoms with Gasteiger partial charge in [-0.15, -0.1) is 0 Å². The number of fused-ring (bicyclic) bond motifs is 1. The van der Waals surface area contributed by atoms with Crippen LogP contribution in [0.15, 0.2) is 36.5 Å². The molecule has 0 spiro atoms. The molecule has 0 saturated carbocycles. The Morgan fingerprint density at radius 2 is 2.30 bits per heavy atom. The van der Waals surface area contributed by atoms with Crippen LogP contribution in [0, 0.1) is 11.3 Å². The van der Waals surface area contributed by atoms with E-state index in [0.29, 0.717) is 18.7 Å². The van der Waals surface area contributed by atoms with Crippen molar-refractivity contribution in [2.24, 2.45) is 0 Å². The van der Waals surface area contributed by atoms with E-state index in [4.69, 9.17) is 14.7 Å². The molecular weight excluding hydrogens is 290 g/mol. The molecule has 0 saturated heterocycles. The topological polar surface area (TPSA) is 58.4 Å². The zero-order valence-electron chi connectivity index (χ0n) is 13.2. The monoisotopic (exact) mass is 309 g/mol. The second kappa shape index (κ2) is 7.12. The van der Waals surface area contributed by atoms with Gasteiger partial charge in [0, 0.05) is 31.4 Å². The lowest BCUT2D eigenvalue weighted by molar-refractivity contribution is 0.194. The predicted molar refractivity (Wildman–Crippen MR) is 86.2 cm³/mol. The molecule has 1 aliphatic heterocycles. The predicted octanol–water partition coefficient (Wildman–Crippen LogP) is 2.75. The van der Waals surface area contributed by atoms with E-state index in [1.807, 2.05) is 18.2 Å². The Morgan fingerprint density at radius 3 is 3.13 bits per heavy atom. The summed E-state index contributed by atoms with van der Waals surface area (Å²) in [4.78, 5) is 6.70. The third-order valence-electron chi connectivity index (χ3n) is 3.87. The van der Waals surface area contributed by atoms with E-state index in [1.54, 1.807) is 19.4 Å². The number of nitriles is 1. The zero-order chi connectivity index (χ0) is 16.1. The number of hydrogen-bond acceptors (Lipinski definition) is 5. The molecule has 0 bridgehead atoms. The van der Waals surface area contributed by atoms with Crippen molar-refractivity contribution < 1.29 is 9.47 Å². The lowest BCUT2D eigenvalue weighted by Crippen LogP contribution is -2.28. The first-order valence-corrected chi connectivity index (χ1v) is 7.66. The van der Waals surface area contributed by atoms with Crippen LogP contribution in [-0.4, -0.2) is 30.1 Å². The van der Waals surface area contributed by atoms with E-state index >= 15 is 0 Å². The quantitative estimate of drug-likeness (QED) is 0.872. The van der Waals surface area contributed by atoms with Gasteiger partial charge in [0.25, 0.3) is 0 Å². The van der Waals surface area contributed by atoms with E-state index in [0.717, 1.165) is 42.3 Å². The molecule has 0 amide bonds. The van der Waals surface area contributed by atoms with Crippen LogP contribution < -0.4 is 9.47 Å². The number of pyridine rings is 1. The van der Waals surface area contributed by atoms with E-state index in [2.05, 4.69) is 22.0 Å². The van der Waals surface area contributed by atoms with Crippen molar-refractivity contribution in [3.63, 3.8) is 0 Å². The van der Waals surface area contributed by atoms with Crippen molar-refractivity contribution in [3.05, 3.63) is 53.3 Å². The van der Waals surface area contributed by atoms with E-state index in [-0.39, 0.29) is 0 Å². The summed E-state index contributed by atoms with van der Waals surface area (Å²) in [6, 6.07) is 11.7. The van der Waals surface area contributed by atoms with Gasteiger partial charge in [0.2, 0.25) is 0 Å². The van der Waals surface area contributed by atoms with Gasteiger partial charge in [-0.1, -0.05) is 12.1 Å². The van der Waals surface area contributed by atoms with Crippen molar-refractivity contribution in [3.8, 4) is 17.6 Å². The normalized spacial score (nSPS) is 14.8. The molecule has 5 nitrogen and oxygen atoms in total. The summed E-state index contributed by atoms with van der Waals surface area (Å²) in [6.07, 6.45) is 2.63. The first-order chi connectivity index (χ1) is 11.3. The maximum atomic E-state index is 9.02. The summed E-state index contributed by atoms with van der Waals surface area (Å²) in [5.74, 6) is 1.60. The zero-order valence-corrected chi connectivity index (χ0v) is 13.2. The van der Waals surface area contributed by atoms with Gasteiger partial charge in [-0.2, -0.15) is 5.26 Å². The standard InChI is InChI=1S/C18H19N3O2/c1-22-17-5-2-4-15-12-21(8-3-9-23-18(15)17)13-16-10-14(11-19)6-7-20-16/h2,4-7,10H,3,8-9,12-13H2,1H3. The molecule has 1 aliphatic rings. The number of para-hydroxylation sites is 1. The molecule has 1 aromatic carbocycles. The molecule has 1 aromatic heterocycles. The Bertz CT molecular complexity index is 724. The number of nitrogens with zero attached hydrogens (tertiary/aromatic N) is 3. The number of hydrogen-bond donors (Lipinski definition) is 0. The fraction of sp³-hybridized carbons (Fsp3) is 0.333. The Hall–Kier alpha value is -2.58. The summed E-state index contributed by atoms with van der Waals surface area (Å²) < 4.78 is 11.3. The Balaban J connectivity index is 1.82. The molecule has 118 valence electrons. The minimum atomic E-state index is 0.646. The van der Waals surface area contributed by atoms with Crippen molar-refractivity contribution in [2.45, 2.75) is 19.5 Å². The van der Waals surface area contributed by atoms with E-state index in [1.165, 1.54) is 0 Å². The van der Waals surface area contributed by atoms with Crippen LogP contribution in [0.1, 0.15) is 23.2 Å². The highest BCUT2D eigenvalue weighted by Crippen LogP contribution is 2.33. The van der Waals surface area contributed by atoms with Crippen LogP contribution in [0.2, 0.25) is 0 Å². The molecule has 0 N–H and O–H groups in total. The number of rotatable bonds is 3. The highest BCUT2D eigenvalue weighted by molar-refractivity contribution is 5.46. The van der Waals surface area contributed by atoms with Crippen molar-refractivity contribution in [1.29, 1.82) is 5.26 Å². The first-order valence-electron chi connectivity index (χ1n) is 7.66. The number of methoxy groups -OCH3 is 1.